The second kappa shape index (κ2) is 8.42. The zero-order chi connectivity index (χ0) is 18.5. The summed E-state index contributed by atoms with van der Waals surface area (Å²) < 4.78 is 0. The van der Waals surface area contributed by atoms with Crippen molar-refractivity contribution in [2.45, 2.75) is 37.8 Å². The largest absolute Gasteiger partial charge is 0.351 e. The number of nitrogens with one attached hydrogen (secondary N) is 2. The van der Waals surface area contributed by atoms with Gasteiger partial charge in [-0.15, -0.1) is 11.3 Å². The predicted molar refractivity (Wildman–Crippen MR) is 103 cm³/mol. The van der Waals surface area contributed by atoms with Gasteiger partial charge in [-0.3, -0.25) is 14.9 Å². The minimum absolute atomic E-state index is 0.0185. The van der Waals surface area contributed by atoms with Gasteiger partial charge in [0.25, 0.3) is 5.91 Å². The molecule has 0 spiro atoms. The standard InChI is InChI=1S/C19H24N4O2S/c1-23(2)16-10-6-9-15(16)21-17(24)11-14-12-26-19(20-14)22-18(25)13-7-4-3-5-8-13/h3-5,7-8,12,15-16H,6,9-11H2,1-2H3,(H,21,24)(H,20,22,25)/t15-,16-/m1/s1. The van der Waals surface area contributed by atoms with Crippen molar-refractivity contribution in [3.8, 4) is 0 Å². The lowest BCUT2D eigenvalue weighted by Crippen LogP contribution is -2.46. The van der Waals surface area contributed by atoms with Gasteiger partial charge in [-0.25, -0.2) is 4.98 Å². The fraction of sp³-hybridized carbons (Fsp3) is 0.421. The van der Waals surface area contributed by atoms with E-state index < -0.39 is 0 Å². The highest BCUT2D eigenvalue weighted by atomic mass is 32.1. The minimum atomic E-state index is -0.198. The average molecular weight is 372 g/mol. The molecule has 1 aromatic heterocycles. The Bertz CT molecular complexity index is 760. The van der Waals surface area contributed by atoms with Crippen LogP contribution in [-0.2, 0) is 11.2 Å². The fourth-order valence-corrected chi connectivity index (χ4v) is 4.06. The molecule has 0 aliphatic heterocycles. The van der Waals surface area contributed by atoms with E-state index in [1.54, 1.807) is 12.1 Å². The molecule has 0 unspecified atom stereocenters. The van der Waals surface area contributed by atoms with Gasteiger partial charge < -0.3 is 10.2 Å². The van der Waals surface area contributed by atoms with Crippen molar-refractivity contribution in [1.29, 1.82) is 0 Å². The maximum Gasteiger partial charge on any atom is 0.257 e. The first kappa shape index (κ1) is 18.5. The number of nitrogens with zero attached hydrogens (tertiary/aromatic N) is 2. The van der Waals surface area contributed by atoms with E-state index >= 15 is 0 Å². The summed E-state index contributed by atoms with van der Waals surface area (Å²) in [7, 11) is 4.11. The minimum Gasteiger partial charge on any atom is -0.351 e. The highest BCUT2D eigenvalue weighted by Gasteiger charge is 2.30. The van der Waals surface area contributed by atoms with Crippen LogP contribution in [0.3, 0.4) is 0 Å². The molecule has 7 heteroatoms. The molecule has 2 amide bonds. The number of anilines is 1. The normalized spacial score (nSPS) is 19.5. The first-order valence-corrected chi connectivity index (χ1v) is 9.67. The highest BCUT2D eigenvalue weighted by molar-refractivity contribution is 7.14. The number of amides is 2. The zero-order valence-electron chi connectivity index (χ0n) is 15.1. The van der Waals surface area contributed by atoms with Gasteiger partial charge in [-0.05, 0) is 45.5 Å². The summed E-state index contributed by atoms with van der Waals surface area (Å²) in [6.07, 6.45) is 3.50. The Morgan fingerprint density at radius 1 is 1.23 bits per heavy atom. The molecule has 2 N–H and O–H groups in total. The molecule has 3 rings (SSSR count). The topological polar surface area (TPSA) is 74.3 Å². The van der Waals surface area contributed by atoms with Crippen LogP contribution in [0.5, 0.6) is 0 Å². The van der Waals surface area contributed by atoms with Crippen molar-refractivity contribution in [3.63, 3.8) is 0 Å². The Hall–Kier alpha value is -2.25. The van der Waals surface area contributed by atoms with Crippen LogP contribution >= 0.6 is 11.3 Å². The highest BCUT2D eigenvalue weighted by Crippen LogP contribution is 2.23. The quantitative estimate of drug-likeness (QED) is 0.817. The summed E-state index contributed by atoms with van der Waals surface area (Å²) in [6, 6.07) is 9.60. The second-order valence-corrected chi connectivity index (χ2v) is 7.63. The number of carbonyl (C=O) groups excluding carboxylic acids is 2. The van der Waals surface area contributed by atoms with E-state index in [1.165, 1.54) is 11.3 Å². The number of hydrogen-bond donors (Lipinski definition) is 2. The Balaban J connectivity index is 1.53. The van der Waals surface area contributed by atoms with E-state index in [2.05, 4.69) is 34.6 Å². The molecule has 138 valence electrons. The van der Waals surface area contributed by atoms with Crippen molar-refractivity contribution in [3.05, 3.63) is 47.0 Å². The lowest BCUT2D eigenvalue weighted by Gasteiger charge is -2.26. The SMILES string of the molecule is CN(C)[C@@H]1CCC[C@H]1NC(=O)Cc1csc(NC(=O)c2ccccc2)n1. The molecule has 0 radical (unpaired) electrons. The summed E-state index contributed by atoms with van der Waals surface area (Å²) in [6.45, 7) is 0. The van der Waals surface area contributed by atoms with E-state index in [0.29, 0.717) is 22.4 Å². The smallest absolute Gasteiger partial charge is 0.257 e. The second-order valence-electron chi connectivity index (χ2n) is 6.78. The monoisotopic (exact) mass is 372 g/mol. The van der Waals surface area contributed by atoms with E-state index in [4.69, 9.17) is 0 Å². The van der Waals surface area contributed by atoms with Gasteiger partial charge in [0.1, 0.15) is 0 Å². The van der Waals surface area contributed by atoms with Crippen LogP contribution in [-0.4, -0.2) is 47.9 Å². The summed E-state index contributed by atoms with van der Waals surface area (Å²) in [5.41, 5.74) is 1.26. The maximum atomic E-state index is 12.3. The van der Waals surface area contributed by atoms with E-state index in [1.807, 2.05) is 23.6 Å². The first-order valence-electron chi connectivity index (χ1n) is 8.79. The molecule has 0 bridgehead atoms. The van der Waals surface area contributed by atoms with Crippen molar-refractivity contribution in [1.82, 2.24) is 15.2 Å². The number of hydrogen-bond acceptors (Lipinski definition) is 5. The van der Waals surface area contributed by atoms with Crippen LogP contribution in [0.2, 0.25) is 0 Å². The van der Waals surface area contributed by atoms with Crippen LogP contribution in [0.15, 0.2) is 35.7 Å². The van der Waals surface area contributed by atoms with E-state index in [0.717, 1.165) is 19.3 Å². The Morgan fingerprint density at radius 2 is 2.00 bits per heavy atom. The Labute approximate surface area is 157 Å². The number of likely N-dealkylation sites (N-methyl/N-ethyl adjacent to an activating group) is 1. The van der Waals surface area contributed by atoms with Gasteiger partial charge in [0.2, 0.25) is 5.91 Å². The third kappa shape index (κ3) is 4.68. The summed E-state index contributed by atoms with van der Waals surface area (Å²) in [5, 5.41) is 8.23. The molecule has 0 saturated heterocycles. The average Bonchev–Trinajstić information content (AvgIpc) is 3.25. The number of rotatable bonds is 6. The lowest BCUT2D eigenvalue weighted by molar-refractivity contribution is -0.121. The molecule has 1 saturated carbocycles. The van der Waals surface area contributed by atoms with Crippen molar-refractivity contribution < 1.29 is 9.59 Å². The van der Waals surface area contributed by atoms with Gasteiger partial charge in [0.15, 0.2) is 5.13 Å². The molecule has 1 heterocycles. The molecule has 1 fully saturated rings. The maximum absolute atomic E-state index is 12.3. The number of thiazole rings is 1. The van der Waals surface area contributed by atoms with Crippen molar-refractivity contribution in [2.24, 2.45) is 0 Å². The van der Waals surface area contributed by atoms with Crippen LogP contribution in [0.4, 0.5) is 5.13 Å². The Morgan fingerprint density at radius 3 is 2.73 bits per heavy atom. The van der Waals surface area contributed by atoms with Crippen molar-refractivity contribution >= 4 is 28.3 Å². The number of carbonyl (C=O) groups is 2. The van der Waals surface area contributed by atoms with Gasteiger partial charge in [-0.2, -0.15) is 0 Å². The molecule has 1 aliphatic rings. The third-order valence-corrected chi connectivity index (χ3v) is 5.45. The predicted octanol–water partition coefficient (Wildman–Crippen LogP) is 2.54. The van der Waals surface area contributed by atoms with E-state index in [-0.39, 0.29) is 24.3 Å². The van der Waals surface area contributed by atoms with Gasteiger partial charge in [0.05, 0.1) is 12.1 Å². The lowest BCUT2D eigenvalue weighted by atomic mass is 10.1. The van der Waals surface area contributed by atoms with Gasteiger partial charge >= 0.3 is 0 Å². The summed E-state index contributed by atoms with van der Waals surface area (Å²) >= 11 is 1.33. The molecule has 2 atom stereocenters. The van der Waals surface area contributed by atoms with Gasteiger partial charge in [-0.1, -0.05) is 18.2 Å². The van der Waals surface area contributed by atoms with Crippen molar-refractivity contribution in [2.75, 3.05) is 19.4 Å². The molecular formula is C19H24N4O2S. The van der Waals surface area contributed by atoms with Gasteiger partial charge in [0, 0.05) is 23.0 Å². The van der Waals surface area contributed by atoms with E-state index in [9.17, 15) is 9.59 Å². The van der Waals surface area contributed by atoms with Crippen LogP contribution in [0.1, 0.15) is 35.3 Å². The molecule has 1 aliphatic carbocycles. The molecule has 26 heavy (non-hydrogen) atoms. The molecule has 1 aromatic carbocycles. The number of benzene rings is 1. The number of aromatic nitrogens is 1. The van der Waals surface area contributed by atoms with Crippen LogP contribution < -0.4 is 10.6 Å². The molecule has 6 nitrogen and oxygen atoms in total. The summed E-state index contributed by atoms with van der Waals surface area (Å²) in [5.74, 6) is -0.217. The van der Waals surface area contributed by atoms with Crippen LogP contribution in [0.25, 0.3) is 0 Å². The Kier molecular flexibility index (Phi) is 6.00. The van der Waals surface area contributed by atoms with Crippen LogP contribution in [0, 0.1) is 0 Å². The molecule has 2 aromatic rings. The third-order valence-electron chi connectivity index (χ3n) is 4.64. The zero-order valence-corrected chi connectivity index (χ0v) is 15.9. The summed E-state index contributed by atoms with van der Waals surface area (Å²) in [4.78, 5) is 31.0. The molecular weight excluding hydrogens is 348 g/mol. The fourth-order valence-electron chi connectivity index (χ4n) is 3.35. The first-order chi connectivity index (χ1) is 12.5.